The van der Waals surface area contributed by atoms with Crippen molar-refractivity contribution in [1.82, 2.24) is 0 Å². The van der Waals surface area contributed by atoms with Crippen LogP contribution in [0.5, 0.6) is 0 Å². The van der Waals surface area contributed by atoms with E-state index in [4.69, 9.17) is 4.55 Å². The zero-order chi connectivity index (χ0) is 12.7. The molecule has 1 rings (SSSR count). The fourth-order valence-electron chi connectivity index (χ4n) is 1.34. The molecule has 0 unspecified atom stereocenters. The van der Waals surface area contributed by atoms with E-state index in [1.165, 1.54) is 6.08 Å². The van der Waals surface area contributed by atoms with Gasteiger partial charge in [0.2, 0.25) is 0 Å². The molecule has 0 fully saturated rings. The molecular weight excluding hydrogens is 236 g/mol. The summed E-state index contributed by atoms with van der Waals surface area (Å²) < 4.78 is 31.5. The van der Waals surface area contributed by atoms with Crippen LogP contribution in [0.25, 0.3) is 6.08 Å². The lowest BCUT2D eigenvalue weighted by Crippen LogP contribution is -2.00. The van der Waals surface area contributed by atoms with Crippen LogP contribution in [0.2, 0.25) is 0 Å². The molecule has 4 heteroatoms. The van der Waals surface area contributed by atoms with Crippen LogP contribution in [0.4, 0.5) is 0 Å². The van der Waals surface area contributed by atoms with E-state index in [0.29, 0.717) is 0 Å². The van der Waals surface area contributed by atoms with E-state index in [2.05, 4.69) is 0 Å². The second-order valence-electron chi connectivity index (χ2n) is 3.58. The van der Waals surface area contributed by atoms with Crippen molar-refractivity contribution in [2.75, 3.05) is 0 Å². The van der Waals surface area contributed by atoms with Crippen LogP contribution in [0, 0.1) is 0 Å². The quantitative estimate of drug-likeness (QED) is 0.646. The molecule has 1 aromatic carbocycles. The number of allylic oxidation sites excluding steroid dienone is 3. The molecule has 92 valence electrons. The average molecular weight is 252 g/mol. The highest BCUT2D eigenvalue weighted by molar-refractivity contribution is 7.90. The highest BCUT2D eigenvalue weighted by Gasteiger charge is 2.11. The second-order valence-corrected chi connectivity index (χ2v) is 5.05. The summed E-state index contributed by atoms with van der Waals surface area (Å²) in [4.78, 5) is 0.00778. The van der Waals surface area contributed by atoms with Crippen LogP contribution < -0.4 is 0 Å². The molecule has 0 amide bonds. The van der Waals surface area contributed by atoms with E-state index >= 15 is 0 Å². The largest absolute Gasteiger partial charge is 0.290 e. The van der Waals surface area contributed by atoms with Gasteiger partial charge in [0.25, 0.3) is 10.1 Å². The first-order valence-corrected chi connectivity index (χ1v) is 6.86. The second kappa shape index (κ2) is 6.37. The lowest BCUT2D eigenvalue weighted by atomic mass is 10.2. The van der Waals surface area contributed by atoms with Crippen LogP contribution in [0.15, 0.2) is 47.4 Å². The molecule has 0 saturated heterocycles. The minimum Gasteiger partial charge on any atom is -0.282 e. The van der Waals surface area contributed by atoms with Crippen molar-refractivity contribution < 1.29 is 13.0 Å². The standard InChI is InChI=1S/C13H16O3S/c1-2-3-5-10-13(17(14,15)16)11-12-8-6-4-7-9-12/h3-9,11H,2,10H2,1H3,(H,14,15,16). The maximum atomic E-state index is 11.2. The summed E-state index contributed by atoms with van der Waals surface area (Å²) in [5.74, 6) is 0. The van der Waals surface area contributed by atoms with Gasteiger partial charge in [-0.2, -0.15) is 8.42 Å². The minimum absolute atomic E-state index is 0.00778. The molecule has 0 bridgehead atoms. The fraction of sp³-hybridized carbons (Fsp3) is 0.231. The van der Waals surface area contributed by atoms with Gasteiger partial charge in [0.1, 0.15) is 0 Å². The molecule has 0 saturated carbocycles. The number of benzene rings is 1. The van der Waals surface area contributed by atoms with Crippen molar-refractivity contribution in [3.63, 3.8) is 0 Å². The summed E-state index contributed by atoms with van der Waals surface area (Å²) >= 11 is 0. The van der Waals surface area contributed by atoms with Crippen LogP contribution in [0.3, 0.4) is 0 Å². The zero-order valence-corrected chi connectivity index (χ0v) is 10.5. The molecule has 3 nitrogen and oxygen atoms in total. The Labute approximate surface area is 102 Å². The van der Waals surface area contributed by atoms with Gasteiger partial charge >= 0.3 is 0 Å². The third-order valence-corrected chi connectivity index (χ3v) is 3.13. The topological polar surface area (TPSA) is 54.4 Å². The Morgan fingerprint density at radius 1 is 1.24 bits per heavy atom. The van der Waals surface area contributed by atoms with Gasteiger partial charge in [-0.05, 0) is 18.1 Å². The van der Waals surface area contributed by atoms with Crippen molar-refractivity contribution in [3.8, 4) is 0 Å². The van der Waals surface area contributed by atoms with E-state index in [1.54, 1.807) is 18.2 Å². The van der Waals surface area contributed by atoms with Crippen LogP contribution in [-0.2, 0) is 10.1 Å². The molecule has 1 N–H and O–H groups in total. The fourth-order valence-corrected chi connectivity index (χ4v) is 1.93. The normalized spacial score (nSPS) is 13.2. The summed E-state index contributed by atoms with van der Waals surface area (Å²) in [7, 11) is -4.13. The molecule has 0 heterocycles. The van der Waals surface area contributed by atoms with Gasteiger partial charge in [0, 0.05) is 6.42 Å². The van der Waals surface area contributed by atoms with Gasteiger partial charge in [-0.1, -0.05) is 49.4 Å². The lowest BCUT2D eigenvalue weighted by Gasteiger charge is -2.01. The molecule has 0 aliphatic heterocycles. The average Bonchev–Trinajstić information content (AvgIpc) is 2.28. The summed E-state index contributed by atoms with van der Waals surface area (Å²) in [6.07, 6.45) is 6.13. The molecule has 0 radical (unpaired) electrons. The summed E-state index contributed by atoms with van der Waals surface area (Å²) in [6.45, 7) is 1.96. The Kier molecular flexibility index (Phi) is 5.12. The summed E-state index contributed by atoms with van der Waals surface area (Å²) in [5, 5.41) is 0. The predicted molar refractivity (Wildman–Crippen MR) is 70.0 cm³/mol. The smallest absolute Gasteiger partial charge is 0.282 e. The highest BCUT2D eigenvalue weighted by Crippen LogP contribution is 2.15. The maximum absolute atomic E-state index is 11.2. The minimum atomic E-state index is -4.13. The van der Waals surface area contributed by atoms with Crippen molar-refractivity contribution in [1.29, 1.82) is 0 Å². The Morgan fingerprint density at radius 3 is 2.41 bits per heavy atom. The van der Waals surface area contributed by atoms with Gasteiger partial charge in [-0.3, -0.25) is 4.55 Å². The molecule has 0 aromatic heterocycles. The first-order valence-electron chi connectivity index (χ1n) is 5.42. The van der Waals surface area contributed by atoms with Crippen LogP contribution in [0.1, 0.15) is 25.3 Å². The molecule has 17 heavy (non-hydrogen) atoms. The van der Waals surface area contributed by atoms with Crippen molar-refractivity contribution in [2.45, 2.75) is 19.8 Å². The van der Waals surface area contributed by atoms with E-state index in [0.717, 1.165) is 12.0 Å². The van der Waals surface area contributed by atoms with Crippen molar-refractivity contribution in [3.05, 3.63) is 53.0 Å². The van der Waals surface area contributed by atoms with Crippen molar-refractivity contribution >= 4 is 16.2 Å². The monoisotopic (exact) mass is 252 g/mol. The maximum Gasteiger partial charge on any atom is 0.290 e. The molecule has 1 aromatic rings. The van der Waals surface area contributed by atoms with Gasteiger partial charge in [0.05, 0.1) is 4.91 Å². The van der Waals surface area contributed by atoms with Gasteiger partial charge in [-0.25, -0.2) is 0 Å². The number of hydrogen-bond donors (Lipinski definition) is 1. The highest BCUT2D eigenvalue weighted by atomic mass is 32.2. The Balaban J connectivity index is 2.99. The first kappa shape index (κ1) is 13.7. The first-order chi connectivity index (χ1) is 8.04. The number of rotatable bonds is 5. The van der Waals surface area contributed by atoms with E-state index < -0.39 is 10.1 Å². The predicted octanol–water partition coefficient (Wildman–Crippen LogP) is 3.27. The molecule has 0 aliphatic rings. The third kappa shape index (κ3) is 4.97. The molecule has 0 atom stereocenters. The zero-order valence-electron chi connectivity index (χ0n) is 9.70. The molecular formula is C13H16O3S. The van der Waals surface area contributed by atoms with E-state index in [-0.39, 0.29) is 11.3 Å². The van der Waals surface area contributed by atoms with Gasteiger partial charge < -0.3 is 0 Å². The van der Waals surface area contributed by atoms with E-state index in [9.17, 15) is 8.42 Å². The Bertz CT molecular complexity index is 499. The molecule has 0 aliphatic carbocycles. The van der Waals surface area contributed by atoms with E-state index in [1.807, 2.05) is 31.2 Å². The van der Waals surface area contributed by atoms with Gasteiger partial charge in [0.15, 0.2) is 0 Å². The number of hydrogen-bond acceptors (Lipinski definition) is 2. The van der Waals surface area contributed by atoms with Crippen LogP contribution >= 0.6 is 0 Å². The lowest BCUT2D eigenvalue weighted by molar-refractivity contribution is 0.490. The summed E-state index contributed by atoms with van der Waals surface area (Å²) in [5.41, 5.74) is 0.755. The Hall–Kier alpha value is -1.39. The summed E-state index contributed by atoms with van der Waals surface area (Å²) in [6, 6.07) is 9.05. The SMILES string of the molecule is CCC=CCC(=Cc1ccccc1)S(=O)(=O)O. The third-order valence-electron chi connectivity index (χ3n) is 2.18. The molecule has 0 spiro atoms. The van der Waals surface area contributed by atoms with Crippen LogP contribution in [-0.4, -0.2) is 13.0 Å². The Morgan fingerprint density at radius 2 is 1.88 bits per heavy atom. The van der Waals surface area contributed by atoms with Gasteiger partial charge in [-0.15, -0.1) is 0 Å². The van der Waals surface area contributed by atoms with Crippen molar-refractivity contribution in [2.24, 2.45) is 0 Å².